The van der Waals surface area contributed by atoms with Gasteiger partial charge in [0.1, 0.15) is 0 Å². The number of ketones is 1. The van der Waals surface area contributed by atoms with E-state index in [0.29, 0.717) is 17.1 Å². The average Bonchev–Trinajstić information content (AvgIpc) is 3.19. The largest absolute Gasteiger partial charge is 0.294 e. The molecule has 0 radical (unpaired) electrons. The Hall–Kier alpha value is -1.38. The Bertz CT molecular complexity index is 851. The zero-order chi connectivity index (χ0) is 20.4. The van der Waals surface area contributed by atoms with E-state index in [4.69, 9.17) is 0 Å². The summed E-state index contributed by atoms with van der Waals surface area (Å²) in [6, 6.07) is 0. The smallest absolute Gasteiger partial charge is 0.165 e. The molecule has 4 saturated carbocycles. The summed E-state index contributed by atoms with van der Waals surface area (Å²) in [5, 5.41) is 4.58. The lowest BCUT2D eigenvalue weighted by atomic mass is 9.45. The molecule has 29 heavy (non-hydrogen) atoms. The van der Waals surface area contributed by atoms with Gasteiger partial charge in [-0.05, 0) is 99.5 Å². The van der Waals surface area contributed by atoms with E-state index in [1.165, 1.54) is 44.9 Å². The minimum atomic E-state index is -0.125. The first-order chi connectivity index (χ1) is 13.9. The van der Waals surface area contributed by atoms with Crippen LogP contribution in [0.15, 0.2) is 11.8 Å². The monoisotopic (exact) mass is 394 g/mol. The molecule has 0 N–H and O–H groups in total. The molecule has 1 aromatic heterocycles. The van der Waals surface area contributed by atoms with E-state index in [1.54, 1.807) is 0 Å². The van der Waals surface area contributed by atoms with Gasteiger partial charge in [-0.3, -0.25) is 9.48 Å². The van der Waals surface area contributed by atoms with Gasteiger partial charge in [-0.1, -0.05) is 26.7 Å². The molecule has 0 aromatic carbocycles. The lowest BCUT2D eigenvalue weighted by Crippen LogP contribution is -2.52. The van der Waals surface area contributed by atoms with Crippen molar-refractivity contribution in [2.75, 3.05) is 0 Å². The van der Waals surface area contributed by atoms with Gasteiger partial charge in [-0.25, -0.2) is 0 Å². The summed E-state index contributed by atoms with van der Waals surface area (Å²) in [4.78, 5) is 13.6. The van der Waals surface area contributed by atoms with Crippen molar-refractivity contribution >= 4 is 11.9 Å². The van der Waals surface area contributed by atoms with Gasteiger partial charge in [-0.2, -0.15) is 5.10 Å². The zero-order valence-corrected chi connectivity index (χ0v) is 18.8. The van der Waals surface area contributed by atoms with Crippen LogP contribution in [0.4, 0.5) is 0 Å². The maximum Gasteiger partial charge on any atom is 0.165 e. The summed E-state index contributed by atoms with van der Waals surface area (Å²) >= 11 is 0. The molecule has 3 nitrogen and oxygen atoms in total. The summed E-state index contributed by atoms with van der Waals surface area (Å²) < 4.78 is 1.98. The second-order valence-electron chi connectivity index (χ2n) is 11.1. The Balaban J connectivity index is 1.46. The Morgan fingerprint density at radius 3 is 2.72 bits per heavy atom. The highest BCUT2D eigenvalue weighted by Crippen LogP contribution is 2.66. The minimum absolute atomic E-state index is 0.125. The van der Waals surface area contributed by atoms with E-state index < -0.39 is 0 Å². The normalized spacial score (nSPS) is 43.2. The number of hydrogen-bond acceptors (Lipinski definition) is 2. The topological polar surface area (TPSA) is 34.9 Å². The fourth-order valence-electron chi connectivity index (χ4n) is 8.12. The molecule has 5 rings (SSSR count). The van der Waals surface area contributed by atoms with Crippen molar-refractivity contribution in [2.45, 2.75) is 92.0 Å². The van der Waals surface area contributed by atoms with Gasteiger partial charge in [0, 0.05) is 23.7 Å². The van der Waals surface area contributed by atoms with Gasteiger partial charge < -0.3 is 0 Å². The second kappa shape index (κ2) is 6.82. The van der Waals surface area contributed by atoms with Gasteiger partial charge in [0.25, 0.3) is 0 Å². The molecule has 3 heteroatoms. The maximum atomic E-state index is 13.6. The van der Waals surface area contributed by atoms with Crippen molar-refractivity contribution in [3.05, 3.63) is 23.0 Å². The first-order valence-electron chi connectivity index (χ1n) is 12.2. The average molecular weight is 395 g/mol. The maximum absolute atomic E-state index is 13.6. The van der Waals surface area contributed by atoms with Crippen LogP contribution in [0.1, 0.15) is 89.8 Å². The number of allylic oxidation sites excluding steroid dienone is 1. The number of carbonyl (C=O) groups excluding carboxylic acids is 1. The number of fused-ring (bicyclic) bond motifs is 5. The molecule has 0 saturated heterocycles. The predicted octanol–water partition coefficient (Wildman–Crippen LogP) is 6.21. The quantitative estimate of drug-likeness (QED) is 0.559. The number of aryl methyl sites for hydroxylation is 2. The van der Waals surface area contributed by atoms with Crippen molar-refractivity contribution in [1.29, 1.82) is 0 Å². The number of hydrogen-bond donors (Lipinski definition) is 0. The van der Waals surface area contributed by atoms with E-state index in [-0.39, 0.29) is 5.41 Å². The van der Waals surface area contributed by atoms with E-state index >= 15 is 0 Å². The highest BCUT2D eigenvalue weighted by Gasteiger charge is 2.60. The molecule has 4 aliphatic carbocycles. The van der Waals surface area contributed by atoms with Crippen LogP contribution >= 0.6 is 0 Å². The van der Waals surface area contributed by atoms with Crippen LogP contribution in [-0.2, 0) is 11.3 Å². The number of carbonyl (C=O) groups is 1. The zero-order valence-electron chi connectivity index (χ0n) is 18.8. The molecular formula is C26H38N2O. The van der Waals surface area contributed by atoms with Crippen molar-refractivity contribution < 1.29 is 4.79 Å². The third kappa shape index (κ3) is 2.82. The summed E-state index contributed by atoms with van der Waals surface area (Å²) in [7, 11) is 0. The lowest BCUT2D eigenvalue weighted by molar-refractivity contribution is -0.137. The Morgan fingerprint density at radius 2 is 1.97 bits per heavy atom. The standard InChI is InChI=1S/C26H38N2O/c1-5-28-16-19(17(2)27-28)14-18-15-23-21-10-9-20-8-6-7-12-25(20,3)22(21)11-13-26(23,4)24(18)29/h14,16,20-23H,5-13,15H2,1-4H3/b18-14-/t20-,21-,22+,23-,25-,26-/m0/s1. The van der Waals surface area contributed by atoms with E-state index in [9.17, 15) is 4.79 Å². The molecule has 0 amide bonds. The van der Waals surface area contributed by atoms with Crippen molar-refractivity contribution in [2.24, 2.45) is 34.5 Å². The van der Waals surface area contributed by atoms with Gasteiger partial charge in [0.2, 0.25) is 0 Å². The summed E-state index contributed by atoms with van der Waals surface area (Å²) in [5.74, 6) is 3.54. The van der Waals surface area contributed by atoms with Crippen LogP contribution in [0.25, 0.3) is 6.08 Å². The van der Waals surface area contributed by atoms with Crippen LogP contribution in [0, 0.1) is 41.4 Å². The SMILES string of the molecule is CCn1cc(/C=C2/C[C@H]3[C@H]4CC[C@@H]5CCCC[C@]5(C)[C@@H]4CC[C@]3(C)C2=O)c(C)n1. The van der Waals surface area contributed by atoms with E-state index in [0.717, 1.165) is 54.0 Å². The highest BCUT2D eigenvalue weighted by molar-refractivity contribution is 6.06. The van der Waals surface area contributed by atoms with Gasteiger partial charge in [-0.15, -0.1) is 0 Å². The van der Waals surface area contributed by atoms with Crippen LogP contribution < -0.4 is 0 Å². The van der Waals surface area contributed by atoms with Crippen LogP contribution in [0.2, 0.25) is 0 Å². The fourth-order valence-corrected chi connectivity index (χ4v) is 8.12. The molecule has 0 bridgehead atoms. The highest BCUT2D eigenvalue weighted by atomic mass is 16.1. The molecule has 0 spiro atoms. The van der Waals surface area contributed by atoms with E-state index in [2.05, 4.69) is 45.1 Å². The Labute approximate surface area is 176 Å². The predicted molar refractivity (Wildman–Crippen MR) is 117 cm³/mol. The Morgan fingerprint density at radius 1 is 1.14 bits per heavy atom. The van der Waals surface area contributed by atoms with Gasteiger partial charge in [0.15, 0.2) is 5.78 Å². The second-order valence-corrected chi connectivity index (χ2v) is 11.1. The molecule has 4 aliphatic rings. The molecule has 6 atom stereocenters. The van der Waals surface area contributed by atoms with Gasteiger partial charge >= 0.3 is 0 Å². The summed E-state index contributed by atoms with van der Waals surface area (Å²) in [6.07, 6.45) is 16.2. The van der Waals surface area contributed by atoms with E-state index in [1.807, 2.05) is 4.68 Å². The third-order valence-electron chi connectivity index (χ3n) is 9.86. The molecule has 0 unspecified atom stereocenters. The molecule has 0 aliphatic heterocycles. The van der Waals surface area contributed by atoms with Crippen LogP contribution in [0.3, 0.4) is 0 Å². The molecule has 1 aromatic rings. The number of aromatic nitrogens is 2. The molecular weight excluding hydrogens is 356 g/mol. The third-order valence-corrected chi connectivity index (χ3v) is 9.86. The summed E-state index contributed by atoms with van der Waals surface area (Å²) in [6.45, 7) is 9.97. The molecule has 4 fully saturated rings. The minimum Gasteiger partial charge on any atom is -0.294 e. The molecule has 1 heterocycles. The lowest BCUT2D eigenvalue weighted by Gasteiger charge is -2.59. The Kier molecular flexibility index (Phi) is 4.60. The van der Waals surface area contributed by atoms with Crippen molar-refractivity contribution in [1.82, 2.24) is 9.78 Å². The molecule has 158 valence electrons. The first kappa shape index (κ1) is 19.6. The number of nitrogens with zero attached hydrogens (tertiary/aromatic N) is 2. The van der Waals surface area contributed by atoms with Crippen molar-refractivity contribution in [3.8, 4) is 0 Å². The van der Waals surface area contributed by atoms with Gasteiger partial charge in [0.05, 0.1) is 5.69 Å². The van der Waals surface area contributed by atoms with Crippen molar-refractivity contribution in [3.63, 3.8) is 0 Å². The van der Waals surface area contributed by atoms with Crippen LogP contribution in [0.5, 0.6) is 0 Å². The van der Waals surface area contributed by atoms with Crippen LogP contribution in [-0.4, -0.2) is 15.6 Å². The first-order valence-corrected chi connectivity index (χ1v) is 12.2. The summed E-state index contributed by atoms with van der Waals surface area (Å²) in [5.41, 5.74) is 3.67. The number of rotatable bonds is 2. The number of Topliss-reactive ketones (excluding diaryl/α,β-unsaturated/α-hetero) is 1. The fraction of sp³-hybridized carbons (Fsp3) is 0.769.